The molecule has 34 heavy (non-hydrogen) atoms. The number of benzene rings is 1. The van der Waals surface area contributed by atoms with Gasteiger partial charge in [-0.25, -0.2) is 9.37 Å². The fourth-order valence-corrected chi connectivity index (χ4v) is 4.79. The first-order valence-corrected chi connectivity index (χ1v) is 11.8. The van der Waals surface area contributed by atoms with Crippen molar-refractivity contribution < 1.29 is 9.18 Å². The minimum Gasteiger partial charge on any atom is -0.365 e. The van der Waals surface area contributed by atoms with Gasteiger partial charge in [-0.1, -0.05) is 0 Å². The number of nitrogens with zero attached hydrogens (tertiary/aromatic N) is 4. The lowest BCUT2D eigenvalue weighted by atomic mass is 10.1. The number of nitrogens with one attached hydrogen (secondary N) is 2. The molecule has 2 aromatic heterocycles. The third-order valence-corrected chi connectivity index (χ3v) is 6.74. The molecule has 0 radical (unpaired) electrons. The van der Waals surface area contributed by atoms with Crippen LogP contribution in [0.2, 0.25) is 0 Å². The molecule has 1 aliphatic carbocycles. The van der Waals surface area contributed by atoms with Gasteiger partial charge >= 0.3 is 0 Å². The number of carbonyl (C=O) groups is 1. The molecule has 1 aliphatic heterocycles. The number of aromatic nitrogens is 3. The first kappa shape index (κ1) is 22.4. The second-order valence-electron chi connectivity index (χ2n) is 9.44. The van der Waals surface area contributed by atoms with Crippen molar-refractivity contribution in [3.05, 3.63) is 35.6 Å². The van der Waals surface area contributed by atoms with Gasteiger partial charge in [0.2, 0.25) is 0 Å². The standard InChI is InChI=1S/C24H31FN8O/c1-13(26)20(14-5-6-14)29-23-18(25)12-17(21(27)34)22(30-23)28-15-7-8-19-16(11-15)24(31-32(19)2)33-9-3-4-10-33/h7-8,11-14,20H,3-6,9-10,26H2,1-2H3,(H2,27,34)(H2,28,29,30)/t13-,20-/m0/s1. The van der Waals surface area contributed by atoms with Crippen LogP contribution < -0.4 is 27.0 Å². The van der Waals surface area contributed by atoms with Crippen LogP contribution in [-0.2, 0) is 7.05 Å². The molecule has 3 heterocycles. The molecule has 2 atom stereocenters. The number of hydrogen-bond acceptors (Lipinski definition) is 7. The fourth-order valence-electron chi connectivity index (χ4n) is 4.79. The van der Waals surface area contributed by atoms with Gasteiger partial charge in [-0.15, -0.1) is 0 Å². The number of amides is 1. The molecule has 2 aliphatic rings. The number of fused-ring (bicyclic) bond motifs is 1. The van der Waals surface area contributed by atoms with Crippen LogP contribution in [0.25, 0.3) is 10.9 Å². The summed E-state index contributed by atoms with van der Waals surface area (Å²) >= 11 is 0. The number of pyridine rings is 1. The predicted octanol–water partition coefficient (Wildman–Crippen LogP) is 3.09. The maximum absolute atomic E-state index is 14.9. The monoisotopic (exact) mass is 466 g/mol. The number of rotatable bonds is 8. The van der Waals surface area contributed by atoms with Crippen molar-refractivity contribution >= 4 is 40.0 Å². The average Bonchev–Trinajstić information content (AvgIpc) is 3.38. The summed E-state index contributed by atoms with van der Waals surface area (Å²) in [6, 6.07) is 6.70. The lowest BCUT2D eigenvalue weighted by Gasteiger charge is -2.23. The van der Waals surface area contributed by atoms with Crippen LogP contribution in [0.3, 0.4) is 0 Å². The van der Waals surface area contributed by atoms with Gasteiger partial charge in [-0.2, -0.15) is 5.10 Å². The van der Waals surface area contributed by atoms with Gasteiger partial charge in [0.25, 0.3) is 5.91 Å². The van der Waals surface area contributed by atoms with Gasteiger partial charge in [0.1, 0.15) is 5.82 Å². The molecule has 10 heteroatoms. The zero-order valence-electron chi connectivity index (χ0n) is 19.5. The highest BCUT2D eigenvalue weighted by molar-refractivity contribution is 5.99. The SMILES string of the molecule is C[C@H](N)[C@H](Nc1nc(Nc2ccc3c(c2)c(N2CCCC2)nn3C)c(C(N)=O)cc1F)C1CC1. The Morgan fingerprint density at radius 2 is 1.94 bits per heavy atom. The highest BCUT2D eigenvalue weighted by Gasteiger charge is 2.34. The van der Waals surface area contributed by atoms with E-state index in [1.165, 1.54) is 0 Å². The van der Waals surface area contributed by atoms with Gasteiger partial charge in [0, 0.05) is 43.3 Å². The molecule has 1 saturated carbocycles. The van der Waals surface area contributed by atoms with E-state index in [9.17, 15) is 9.18 Å². The van der Waals surface area contributed by atoms with Crippen molar-refractivity contribution in [2.45, 2.75) is 44.7 Å². The smallest absolute Gasteiger partial charge is 0.252 e. The van der Waals surface area contributed by atoms with Crippen molar-refractivity contribution in [2.75, 3.05) is 28.6 Å². The van der Waals surface area contributed by atoms with Gasteiger partial charge < -0.3 is 27.0 Å². The minimum absolute atomic E-state index is 0.0159. The molecule has 0 bridgehead atoms. The maximum Gasteiger partial charge on any atom is 0.252 e. The van der Waals surface area contributed by atoms with E-state index in [-0.39, 0.29) is 29.3 Å². The number of halogens is 1. The van der Waals surface area contributed by atoms with Gasteiger partial charge in [-0.05, 0) is 62.8 Å². The van der Waals surface area contributed by atoms with Crippen LogP contribution in [0.15, 0.2) is 24.3 Å². The normalized spacial score (nSPS) is 17.7. The molecule has 180 valence electrons. The van der Waals surface area contributed by atoms with Crippen LogP contribution >= 0.6 is 0 Å². The quantitative estimate of drug-likeness (QED) is 0.402. The number of hydrogen-bond donors (Lipinski definition) is 4. The number of nitrogens with two attached hydrogens (primary N) is 2. The Kier molecular flexibility index (Phi) is 5.76. The molecule has 6 N–H and O–H groups in total. The molecule has 5 rings (SSSR count). The van der Waals surface area contributed by atoms with E-state index >= 15 is 0 Å². The Morgan fingerprint density at radius 1 is 1.21 bits per heavy atom. The first-order valence-electron chi connectivity index (χ1n) is 11.8. The first-order chi connectivity index (χ1) is 16.3. The summed E-state index contributed by atoms with van der Waals surface area (Å²) in [6.07, 6.45) is 4.40. The van der Waals surface area contributed by atoms with E-state index in [1.54, 1.807) is 0 Å². The lowest BCUT2D eigenvalue weighted by Crippen LogP contribution is -2.40. The van der Waals surface area contributed by atoms with Crippen molar-refractivity contribution in [3.63, 3.8) is 0 Å². The largest absolute Gasteiger partial charge is 0.365 e. The highest BCUT2D eigenvalue weighted by Crippen LogP contribution is 2.36. The second kappa shape index (κ2) is 8.75. The molecule has 1 amide bonds. The molecule has 0 unspecified atom stereocenters. The van der Waals surface area contributed by atoms with E-state index in [4.69, 9.17) is 16.6 Å². The van der Waals surface area contributed by atoms with E-state index in [1.807, 2.05) is 36.9 Å². The van der Waals surface area contributed by atoms with Crippen molar-refractivity contribution in [1.82, 2.24) is 14.8 Å². The van der Waals surface area contributed by atoms with Crippen LogP contribution in [0.4, 0.5) is 27.5 Å². The summed E-state index contributed by atoms with van der Waals surface area (Å²) in [7, 11) is 1.93. The topological polar surface area (TPSA) is 127 Å². The lowest BCUT2D eigenvalue weighted by molar-refractivity contribution is 0.100. The Bertz CT molecular complexity index is 1230. The number of primary amides is 1. The Balaban J connectivity index is 1.50. The third kappa shape index (κ3) is 4.25. The minimum atomic E-state index is -0.758. The summed E-state index contributed by atoms with van der Waals surface area (Å²) in [5.41, 5.74) is 13.4. The van der Waals surface area contributed by atoms with Crippen LogP contribution in [-0.4, -0.2) is 45.8 Å². The summed E-state index contributed by atoms with van der Waals surface area (Å²) < 4.78 is 16.7. The summed E-state index contributed by atoms with van der Waals surface area (Å²) in [6.45, 7) is 3.85. The molecule has 9 nitrogen and oxygen atoms in total. The van der Waals surface area contributed by atoms with Gasteiger partial charge in [0.05, 0.1) is 11.1 Å². The Morgan fingerprint density at radius 3 is 2.59 bits per heavy atom. The molecular formula is C24H31FN8O. The highest BCUT2D eigenvalue weighted by atomic mass is 19.1. The van der Waals surface area contributed by atoms with Crippen molar-refractivity contribution in [2.24, 2.45) is 24.4 Å². The predicted molar refractivity (Wildman–Crippen MR) is 132 cm³/mol. The summed E-state index contributed by atoms with van der Waals surface area (Å²) in [4.78, 5) is 18.8. The second-order valence-corrected chi connectivity index (χ2v) is 9.44. The molecule has 0 spiro atoms. The average molecular weight is 467 g/mol. The molecule has 1 saturated heterocycles. The number of anilines is 4. The maximum atomic E-state index is 14.9. The molecule has 3 aromatic rings. The fraction of sp³-hybridized carbons (Fsp3) is 0.458. The van der Waals surface area contributed by atoms with E-state index in [0.717, 1.165) is 61.6 Å². The Hall–Kier alpha value is -3.40. The van der Waals surface area contributed by atoms with Crippen molar-refractivity contribution in [1.29, 1.82) is 0 Å². The third-order valence-electron chi connectivity index (χ3n) is 6.74. The summed E-state index contributed by atoms with van der Waals surface area (Å²) in [5.74, 6) is 0.192. The van der Waals surface area contributed by atoms with Crippen LogP contribution in [0.1, 0.15) is 43.0 Å². The van der Waals surface area contributed by atoms with E-state index in [0.29, 0.717) is 11.6 Å². The zero-order valence-corrected chi connectivity index (χ0v) is 19.5. The van der Waals surface area contributed by atoms with Gasteiger partial charge in [-0.3, -0.25) is 9.48 Å². The van der Waals surface area contributed by atoms with Gasteiger partial charge in [0.15, 0.2) is 17.5 Å². The van der Waals surface area contributed by atoms with Crippen LogP contribution in [0, 0.1) is 11.7 Å². The van der Waals surface area contributed by atoms with E-state index < -0.39 is 11.7 Å². The molecule has 1 aromatic carbocycles. The van der Waals surface area contributed by atoms with Crippen LogP contribution in [0.5, 0.6) is 0 Å². The Labute approximate surface area is 197 Å². The molecule has 2 fully saturated rings. The number of aryl methyl sites for hydroxylation is 1. The molecular weight excluding hydrogens is 435 g/mol. The van der Waals surface area contributed by atoms with E-state index in [2.05, 4.69) is 20.5 Å². The number of carbonyl (C=O) groups excluding carboxylic acids is 1. The zero-order chi connectivity index (χ0) is 24.0. The van der Waals surface area contributed by atoms with Crippen molar-refractivity contribution in [3.8, 4) is 0 Å². The summed E-state index contributed by atoms with van der Waals surface area (Å²) in [5, 5.41) is 12.1.